The highest BCUT2D eigenvalue weighted by Gasteiger charge is 2.41. The number of nitrogens with zero attached hydrogens (tertiary/aromatic N) is 1. The van der Waals surface area contributed by atoms with Crippen LogP contribution < -0.4 is 0 Å². The summed E-state index contributed by atoms with van der Waals surface area (Å²) in [7, 11) is -3.69. The number of ketones is 1. The summed E-state index contributed by atoms with van der Waals surface area (Å²) in [5.41, 5.74) is -0.299. The standard InChI is InChI=1S/C10H10BrNO5S/c1-10(11,18(2,16)17)9(13)7-4-3-5-8(6-7)12(14)15/h3-6H,1-2H3. The van der Waals surface area contributed by atoms with Crippen LogP contribution in [0.15, 0.2) is 24.3 Å². The van der Waals surface area contributed by atoms with Gasteiger partial charge in [-0.05, 0) is 6.92 Å². The maximum Gasteiger partial charge on any atom is 0.270 e. The molecule has 0 saturated carbocycles. The Morgan fingerprint density at radius 3 is 2.44 bits per heavy atom. The molecule has 0 heterocycles. The third kappa shape index (κ3) is 2.75. The first-order valence-corrected chi connectivity index (χ1v) is 7.43. The largest absolute Gasteiger partial charge is 0.291 e. The van der Waals surface area contributed by atoms with E-state index >= 15 is 0 Å². The summed E-state index contributed by atoms with van der Waals surface area (Å²) in [5, 5.41) is 10.6. The second-order valence-corrected chi connectivity index (χ2v) is 8.30. The maximum absolute atomic E-state index is 12.0. The zero-order chi connectivity index (χ0) is 14.1. The minimum Gasteiger partial charge on any atom is -0.291 e. The molecule has 6 nitrogen and oxygen atoms in total. The van der Waals surface area contributed by atoms with E-state index in [9.17, 15) is 23.3 Å². The SMILES string of the molecule is CC(Br)(C(=O)c1cccc([N+](=O)[O-])c1)S(C)(=O)=O. The summed E-state index contributed by atoms with van der Waals surface area (Å²) < 4.78 is 21.2. The molecule has 18 heavy (non-hydrogen) atoms. The first-order valence-electron chi connectivity index (χ1n) is 4.75. The van der Waals surface area contributed by atoms with Crippen LogP contribution in [0.4, 0.5) is 5.69 Å². The van der Waals surface area contributed by atoms with Gasteiger partial charge in [0.15, 0.2) is 19.3 Å². The number of Topliss-reactive ketones (excluding diaryl/α,β-unsaturated/α-hetero) is 1. The average molecular weight is 336 g/mol. The summed E-state index contributed by atoms with van der Waals surface area (Å²) in [6, 6.07) is 4.94. The molecule has 0 spiro atoms. The van der Waals surface area contributed by atoms with Crippen molar-refractivity contribution in [1.82, 2.24) is 0 Å². The highest BCUT2D eigenvalue weighted by molar-refractivity contribution is 9.12. The second kappa shape index (κ2) is 4.77. The number of alkyl halides is 1. The third-order valence-corrected chi connectivity index (χ3v) is 6.12. The van der Waals surface area contributed by atoms with Crippen LogP contribution >= 0.6 is 15.9 Å². The van der Waals surface area contributed by atoms with Gasteiger partial charge in [-0.3, -0.25) is 14.9 Å². The van der Waals surface area contributed by atoms with E-state index in [-0.39, 0.29) is 11.3 Å². The number of carbonyl (C=O) groups is 1. The highest BCUT2D eigenvalue weighted by atomic mass is 79.9. The molecular weight excluding hydrogens is 326 g/mol. The van der Waals surface area contributed by atoms with Crippen LogP contribution in [0.2, 0.25) is 0 Å². The van der Waals surface area contributed by atoms with Crippen LogP contribution in [-0.4, -0.2) is 29.0 Å². The molecule has 1 unspecified atom stereocenters. The van der Waals surface area contributed by atoms with Crippen molar-refractivity contribution in [2.45, 2.75) is 10.6 Å². The van der Waals surface area contributed by atoms with Gasteiger partial charge < -0.3 is 0 Å². The molecule has 1 rings (SSSR count). The fraction of sp³-hybridized carbons (Fsp3) is 0.300. The molecule has 0 aromatic heterocycles. The Hall–Kier alpha value is -1.28. The Bertz CT molecular complexity index is 608. The number of halogens is 1. The van der Waals surface area contributed by atoms with Crippen LogP contribution in [0.25, 0.3) is 0 Å². The van der Waals surface area contributed by atoms with Crippen LogP contribution in [0.5, 0.6) is 0 Å². The van der Waals surface area contributed by atoms with E-state index in [1.54, 1.807) is 0 Å². The second-order valence-electron chi connectivity index (χ2n) is 3.83. The lowest BCUT2D eigenvalue weighted by molar-refractivity contribution is -0.384. The van der Waals surface area contributed by atoms with Gasteiger partial charge in [0.1, 0.15) is 0 Å². The number of benzene rings is 1. The van der Waals surface area contributed by atoms with Gasteiger partial charge in [0.05, 0.1) is 4.92 Å². The smallest absolute Gasteiger partial charge is 0.270 e. The van der Waals surface area contributed by atoms with Gasteiger partial charge in [-0.15, -0.1) is 0 Å². The molecule has 0 radical (unpaired) electrons. The van der Waals surface area contributed by atoms with Gasteiger partial charge >= 0.3 is 0 Å². The van der Waals surface area contributed by atoms with Crippen LogP contribution in [0, 0.1) is 10.1 Å². The zero-order valence-electron chi connectivity index (χ0n) is 9.58. The Balaban J connectivity index is 3.28. The lowest BCUT2D eigenvalue weighted by Crippen LogP contribution is -2.36. The van der Waals surface area contributed by atoms with Crippen molar-refractivity contribution in [1.29, 1.82) is 0 Å². The van der Waals surface area contributed by atoms with Crippen molar-refractivity contribution >= 4 is 37.2 Å². The summed E-state index contributed by atoms with van der Waals surface area (Å²) in [6.07, 6.45) is 0.914. The predicted molar refractivity (Wildman–Crippen MR) is 69.6 cm³/mol. The Labute approximate surface area is 112 Å². The maximum atomic E-state index is 12.0. The average Bonchev–Trinajstić information content (AvgIpc) is 2.26. The molecule has 0 bridgehead atoms. The molecule has 0 amide bonds. The molecule has 0 saturated heterocycles. The number of hydrogen-bond acceptors (Lipinski definition) is 5. The fourth-order valence-corrected chi connectivity index (χ4v) is 1.87. The van der Waals surface area contributed by atoms with Crippen LogP contribution in [0.3, 0.4) is 0 Å². The highest BCUT2D eigenvalue weighted by Crippen LogP contribution is 2.29. The molecule has 0 fully saturated rings. The molecule has 0 aliphatic heterocycles. The van der Waals surface area contributed by atoms with Crippen molar-refractivity contribution in [2.75, 3.05) is 6.26 Å². The summed E-state index contributed by atoms with van der Waals surface area (Å²) in [6.45, 7) is 1.20. The van der Waals surface area contributed by atoms with E-state index in [2.05, 4.69) is 15.9 Å². The lowest BCUT2D eigenvalue weighted by atomic mass is 10.1. The molecule has 1 atom stereocenters. The van der Waals surface area contributed by atoms with E-state index in [0.717, 1.165) is 12.3 Å². The first-order chi connectivity index (χ1) is 8.07. The predicted octanol–water partition coefficient (Wildman–Crippen LogP) is 1.93. The number of nitro benzene ring substituents is 1. The number of hydrogen-bond donors (Lipinski definition) is 0. The summed E-state index contributed by atoms with van der Waals surface area (Å²) in [5.74, 6) is -0.742. The van der Waals surface area contributed by atoms with E-state index in [1.807, 2.05) is 0 Å². The minimum atomic E-state index is -3.69. The van der Waals surface area contributed by atoms with Crippen molar-refractivity contribution in [2.24, 2.45) is 0 Å². The molecule has 0 N–H and O–H groups in total. The lowest BCUT2D eigenvalue weighted by Gasteiger charge is -2.18. The van der Waals surface area contributed by atoms with Gasteiger partial charge in [-0.2, -0.15) is 0 Å². The third-order valence-electron chi connectivity index (χ3n) is 2.42. The van der Waals surface area contributed by atoms with Gasteiger partial charge in [0.25, 0.3) is 5.69 Å². The number of carbonyl (C=O) groups excluding carboxylic acids is 1. The van der Waals surface area contributed by atoms with Gasteiger partial charge in [-0.25, -0.2) is 8.42 Å². The normalized spacial score (nSPS) is 14.8. The topological polar surface area (TPSA) is 94.3 Å². The molecular formula is C10H10BrNO5S. The van der Waals surface area contributed by atoms with E-state index in [1.165, 1.54) is 25.1 Å². The molecule has 98 valence electrons. The van der Waals surface area contributed by atoms with E-state index in [0.29, 0.717) is 0 Å². The Morgan fingerprint density at radius 1 is 1.44 bits per heavy atom. The number of non-ortho nitro benzene ring substituents is 1. The van der Waals surface area contributed by atoms with Crippen molar-refractivity contribution in [3.63, 3.8) is 0 Å². The Morgan fingerprint density at radius 2 is 2.00 bits per heavy atom. The van der Waals surface area contributed by atoms with Gasteiger partial charge in [0.2, 0.25) is 0 Å². The molecule has 0 aliphatic rings. The molecule has 1 aromatic rings. The first kappa shape index (κ1) is 14.8. The molecule has 1 aromatic carbocycles. The number of rotatable bonds is 4. The fourth-order valence-electron chi connectivity index (χ4n) is 1.19. The molecule has 0 aliphatic carbocycles. The monoisotopic (exact) mass is 335 g/mol. The Kier molecular flexibility index (Phi) is 3.92. The van der Waals surface area contributed by atoms with Crippen molar-refractivity contribution in [3.05, 3.63) is 39.9 Å². The number of sulfone groups is 1. The zero-order valence-corrected chi connectivity index (χ0v) is 12.0. The quantitative estimate of drug-likeness (QED) is 0.362. The van der Waals surface area contributed by atoms with Crippen molar-refractivity contribution < 1.29 is 18.1 Å². The van der Waals surface area contributed by atoms with Crippen LogP contribution in [-0.2, 0) is 9.84 Å². The van der Waals surface area contributed by atoms with E-state index < -0.39 is 24.2 Å². The van der Waals surface area contributed by atoms with Gasteiger partial charge in [-0.1, -0.05) is 28.1 Å². The summed E-state index contributed by atoms with van der Waals surface area (Å²) in [4.78, 5) is 22.0. The van der Waals surface area contributed by atoms with Gasteiger partial charge in [0, 0.05) is 24.0 Å². The van der Waals surface area contributed by atoms with Crippen LogP contribution in [0.1, 0.15) is 17.3 Å². The van der Waals surface area contributed by atoms with Crippen molar-refractivity contribution in [3.8, 4) is 0 Å². The number of nitro groups is 1. The van der Waals surface area contributed by atoms with E-state index in [4.69, 9.17) is 0 Å². The summed E-state index contributed by atoms with van der Waals surface area (Å²) >= 11 is 2.86. The molecule has 8 heteroatoms. The minimum absolute atomic E-state index is 0.0333.